The van der Waals surface area contributed by atoms with Crippen molar-refractivity contribution in [1.82, 2.24) is 10.2 Å². The molecule has 6 rings (SSSR count). The fraction of sp³-hybridized carbons (Fsp3) is 0.172. The van der Waals surface area contributed by atoms with Gasteiger partial charge in [0.25, 0.3) is 5.78 Å². The highest BCUT2D eigenvalue weighted by Gasteiger charge is 2.48. The number of aryl methyl sites for hydroxylation is 1. The van der Waals surface area contributed by atoms with E-state index in [-0.39, 0.29) is 11.3 Å². The first-order valence-electron chi connectivity index (χ1n) is 12.4. The highest BCUT2D eigenvalue weighted by Crippen LogP contribution is 2.45. The summed E-state index contributed by atoms with van der Waals surface area (Å²) in [5.41, 5.74) is 3.33. The Hall–Kier alpha value is -3.42. The number of Topliss-reactive ketones (excluding diaryl/α,β-unsaturated/α-hetero) is 1. The van der Waals surface area contributed by atoms with Crippen LogP contribution in [0.25, 0.3) is 5.76 Å². The summed E-state index contributed by atoms with van der Waals surface area (Å²) in [6.45, 7) is 2.86. The van der Waals surface area contributed by atoms with Crippen molar-refractivity contribution in [2.24, 2.45) is 0 Å². The maximum absolute atomic E-state index is 13.5. The van der Waals surface area contributed by atoms with Crippen LogP contribution in [0.2, 0.25) is 0 Å². The average molecular weight is 684 g/mol. The molecule has 202 valence electrons. The SMILES string of the molecule is Cc1ccc(CSc2nnc(N3C(=O)C(=O)/C(=C(/O)c4ccc5c(c4)OCCO5)C3c3ccc(I)cc3)s2)cc1. The van der Waals surface area contributed by atoms with Crippen molar-refractivity contribution in [2.45, 2.75) is 23.1 Å². The van der Waals surface area contributed by atoms with Crippen molar-refractivity contribution in [2.75, 3.05) is 18.1 Å². The number of carbonyl (C=O) groups is 2. The van der Waals surface area contributed by atoms with Crippen molar-refractivity contribution in [3.8, 4) is 11.5 Å². The molecular formula is C29H22IN3O5S2. The molecule has 2 aliphatic rings. The first kappa shape index (κ1) is 26.8. The van der Waals surface area contributed by atoms with E-state index in [1.165, 1.54) is 33.6 Å². The molecule has 0 spiro atoms. The van der Waals surface area contributed by atoms with Gasteiger partial charge in [0, 0.05) is 14.9 Å². The van der Waals surface area contributed by atoms with E-state index in [0.717, 1.165) is 9.13 Å². The Morgan fingerprint density at radius 3 is 2.50 bits per heavy atom. The predicted molar refractivity (Wildman–Crippen MR) is 162 cm³/mol. The summed E-state index contributed by atoms with van der Waals surface area (Å²) in [6.07, 6.45) is 0. The third-order valence-corrected chi connectivity index (χ3v) is 9.38. The van der Waals surface area contributed by atoms with Crippen LogP contribution < -0.4 is 14.4 Å². The van der Waals surface area contributed by atoms with Crippen molar-refractivity contribution in [3.05, 3.63) is 98.1 Å². The number of hydrogen-bond acceptors (Lipinski definition) is 9. The smallest absolute Gasteiger partial charge is 0.301 e. The van der Waals surface area contributed by atoms with Gasteiger partial charge in [-0.3, -0.25) is 14.5 Å². The second-order valence-electron chi connectivity index (χ2n) is 9.20. The number of anilines is 1. The monoisotopic (exact) mass is 683 g/mol. The minimum absolute atomic E-state index is 0.0213. The maximum Gasteiger partial charge on any atom is 0.301 e. The van der Waals surface area contributed by atoms with E-state index in [1.54, 1.807) is 18.2 Å². The molecule has 11 heteroatoms. The molecule has 2 aliphatic heterocycles. The summed E-state index contributed by atoms with van der Waals surface area (Å²) < 4.78 is 12.9. The third-order valence-electron chi connectivity index (χ3n) is 6.53. The fourth-order valence-electron chi connectivity index (χ4n) is 4.52. The Morgan fingerprint density at radius 1 is 1.02 bits per heavy atom. The Morgan fingerprint density at radius 2 is 1.75 bits per heavy atom. The molecule has 0 aliphatic carbocycles. The second-order valence-corrected chi connectivity index (χ2v) is 12.6. The molecule has 1 unspecified atom stereocenters. The van der Waals surface area contributed by atoms with E-state index < -0.39 is 17.7 Å². The summed E-state index contributed by atoms with van der Waals surface area (Å²) in [5.74, 6) is -0.135. The molecule has 1 atom stereocenters. The van der Waals surface area contributed by atoms with Gasteiger partial charge in [-0.15, -0.1) is 10.2 Å². The van der Waals surface area contributed by atoms with Crippen molar-refractivity contribution >= 4 is 68.3 Å². The topological polar surface area (TPSA) is 102 Å². The molecule has 0 bridgehead atoms. The van der Waals surface area contributed by atoms with Gasteiger partial charge in [-0.25, -0.2) is 0 Å². The lowest BCUT2D eigenvalue weighted by Crippen LogP contribution is -2.29. The van der Waals surface area contributed by atoms with Crippen molar-refractivity contribution in [3.63, 3.8) is 0 Å². The summed E-state index contributed by atoms with van der Waals surface area (Å²) in [5, 5.41) is 20.3. The van der Waals surface area contributed by atoms with E-state index in [1.807, 2.05) is 31.2 Å². The van der Waals surface area contributed by atoms with E-state index in [9.17, 15) is 14.7 Å². The zero-order chi connectivity index (χ0) is 27.8. The number of ether oxygens (including phenoxy) is 2. The van der Waals surface area contributed by atoms with E-state index in [2.05, 4.69) is 57.1 Å². The summed E-state index contributed by atoms with van der Waals surface area (Å²) in [6, 6.07) is 19.8. The van der Waals surface area contributed by atoms with Gasteiger partial charge in [0.1, 0.15) is 19.0 Å². The van der Waals surface area contributed by atoms with Gasteiger partial charge >= 0.3 is 5.91 Å². The number of aliphatic hydroxyl groups excluding tert-OH is 1. The van der Waals surface area contributed by atoms with Crippen LogP contribution in [-0.4, -0.2) is 40.2 Å². The Labute approximate surface area is 252 Å². The zero-order valence-electron chi connectivity index (χ0n) is 21.2. The van der Waals surface area contributed by atoms with E-state index in [0.29, 0.717) is 51.1 Å². The van der Waals surface area contributed by atoms with Gasteiger partial charge in [-0.1, -0.05) is 65.1 Å². The lowest BCUT2D eigenvalue weighted by atomic mass is 9.95. The number of thioether (sulfide) groups is 1. The molecule has 1 aromatic heterocycles. The first-order chi connectivity index (χ1) is 19.4. The van der Waals surface area contributed by atoms with Crippen LogP contribution in [0.15, 0.2) is 76.6 Å². The number of ketones is 1. The molecule has 0 radical (unpaired) electrons. The number of amides is 1. The van der Waals surface area contributed by atoms with Crippen LogP contribution in [0, 0.1) is 10.5 Å². The standard InChI is InChI=1S/C29H22IN3O5S2/c1-16-2-4-17(5-3-16)15-39-29-32-31-28(40-29)33-24(18-6-9-20(30)10-7-18)23(26(35)27(33)36)25(34)19-8-11-21-22(14-19)38-13-12-37-21/h2-11,14,24,34H,12-13,15H2,1H3/b25-23+. The molecule has 1 saturated heterocycles. The summed E-state index contributed by atoms with van der Waals surface area (Å²) in [7, 11) is 0. The Kier molecular flexibility index (Phi) is 7.51. The largest absolute Gasteiger partial charge is 0.507 e. The minimum atomic E-state index is -0.881. The number of halogens is 1. The van der Waals surface area contributed by atoms with Gasteiger partial charge in [0.2, 0.25) is 5.13 Å². The lowest BCUT2D eigenvalue weighted by Gasteiger charge is -2.23. The number of nitrogens with zero attached hydrogens (tertiary/aromatic N) is 3. The molecule has 3 aromatic carbocycles. The molecule has 1 amide bonds. The van der Waals surface area contributed by atoms with Crippen LogP contribution in [0.4, 0.5) is 5.13 Å². The maximum atomic E-state index is 13.5. The van der Waals surface area contributed by atoms with Gasteiger partial charge in [-0.05, 0) is 71.0 Å². The van der Waals surface area contributed by atoms with Gasteiger partial charge in [0.15, 0.2) is 15.8 Å². The number of aliphatic hydroxyl groups is 1. The number of rotatable bonds is 6. The van der Waals surface area contributed by atoms with Gasteiger partial charge in [0.05, 0.1) is 11.6 Å². The van der Waals surface area contributed by atoms with Crippen molar-refractivity contribution < 1.29 is 24.2 Å². The fourth-order valence-corrected chi connectivity index (χ4v) is 6.71. The van der Waals surface area contributed by atoms with E-state index >= 15 is 0 Å². The highest BCUT2D eigenvalue weighted by atomic mass is 127. The van der Waals surface area contributed by atoms with Crippen LogP contribution in [-0.2, 0) is 15.3 Å². The number of hydrogen-bond donors (Lipinski definition) is 1. The molecule has 1 N–H and O–H groups in total. The molecule has 3 heterocycles. The van der Waals surface area contributed by atoms with Crippen LogP contribution in [0.3, 0.4) is 0 Å². The minimum Gasteiger partial charge on any atom is -0.507 e. The number of benzene rings is 3. The quantitative estimate of drug-likeness (QED) is 0.0646. The molecular weight excluding hydrogens is 661 g/mol. The third kappa shape index (κ3) is 5.20. The average Bonchev–Trinajstić information content (AvgIpc) is 3.54. The zero-order valence-corrected chi connectivity index (χ0v) is 25.0. The van der Waals surface area contributed by atoms with Crippen LogP contribution >= 0.6 is 45.7 Å². The van der Waals surface area contributed by atoms with Gasteiger partial charge < -0.3 is 14.6 Å². The molecule has 40 heavy (non-hydrogen) atoms. The summed E-state index contributed by atoms with van der Waals surface area (Å²) in [4.78, 5) is 28.3. The van der Waals surface area contributed by atoms with Crippen molar-refractivity contribution in [1.29, 1.82) is 0 Å². The second kappa shape index (κ2) is 11.2. The first-order valence-corrected chi connectivity index (χ1v) is 15.3. The number of carbonyl (C=O) groups excluding carboxylic acids is 2. The highest BCUT2D eigenvalue weighted by molar-refractivity contribution is 14.1. The van der Waals surface area contributed by atoms with E-state index in [4.69, 9.17) is 9.47 Å². The van der Waals surface area contributed by atoms with Gasteiger partial charge in [-0.2, -0.15) is 0 Å². The Bertz CT molecular complexity index is 1640. The number of fused-ring (bicyclic) bond motifs is 1. The molecule has 1 fully saturated rings. The van der Waals surface area contributed by atoms with Crippen LogP contribution in [0.1, 0.15) is 28.3 Å². The van der Waals surface area contributed by atoms with Crippen LogP contribution in [0.5, 0.6) is 11.5 Å². The normalized spacial score (nSPS) is 17.9. The predicted octanol–water partition coefficient (Wildman–Crippen LogP) is 6.14. The Balaban J connectivity index is 1.38. The molecule has 4 aromatic rings. The summed E-state index contributed by atoms with van der Waals surface area (Å²) >= 11 is 4.94. The molecule has 0 saturated carbocycles. The lowest BCUT2D eigenvalue weighted by molar-refractivity contribution is -0.132. The number of aromatic nitrogens is 2. The molecule has 8 nitrogen and oxygen atoms in total.